The maximum Gasteiger partial charge on any atom is 0.322 e. The minimum absolute atomic E-state index is 0.124. The molecular formula is C19H17FN4O2. The van der Waals surface area contributed by atoms with Gasteiger partial charge in [0.15, 0.2) is 0 Å². The zero-order chi connectivity index (χ0) is 18.4. The number of hydrogen-bond acceptors (Lipinski definition) is 4. The standard InChI is InChI=1S/C19H17FN4O2/c1-2-12-24(19(25)21-16-10-8-15(20)9-11-16)13-17-22-18(23-26-17)14-6-4-3-5-7-14/h2-11H,1,12-13H2,(H,21,25). The van der Waals surface area contributed by atoms with Crippen LogP contribution >= 0.6 is 0 Å². The molecule has 0 saturated heterocycles. The lowest BCUT2D eigenvalue weighted by Gasteiger charge is -2.19. The Labute approximate surface area is 150 Å². The van der Waals surface area contributed by atoms with Gasteiger partial charge in [0.05, 0.1) is 0 Å². The second-order valence-corrected chi connectivity index (χ2v) is 5.48. The van der Waals surface area contributed by atoms with Gasteiger partial charge in [-0.2, -0.15) is 4.98 Å². The minimum Gasteiger partial charge on any atom is -0.337 e. The molecule has 1 aromatic heterocycles. The number of aromatic nitrogens is 2. The first kappa shape index (κ1) is 17.3. The molecule has 132 valence electrons. The maximum absolute atomic E-state index is 13.0. The second kappa shape index (κ2) is 8.06. The van der Waals surface area contributed by atoms with Crippen LogP contribution in [-0.4, -0.2) is 27.6 Å². The van der Waals surface area contributed by atoms with Crippen molar-refractivity contribution in [1.29, 1.82) is 0 Å². The summed E-state index contributed by atoms with van der Waals surface area (Å²) in [4.78, 5) is 18.2. The van der Waals surface area contributed by atoms with Crippen molar-refractivity contribution in [3.8, 4) is 11.4 Å². The van der Waals surface area contributed by atoms with E-state index in [0.717, 1.165) is 5.56 Å². The van der Waals surface area contributed by atoms with E-state index in [1.807, 2.05) is 30.3 Å². The lowest BCUT2D eigenvalue weighted by Crippen LogP contribution is -2.34. The van der Waals surface area contributed by atoms with Gasteiger partial charge in [-0.25, -0.2) is 9.18 Å². The quantitative estimate of drug-likeness (QED) is 0.678. The fraction of sp³-hybridized carbons (Fsp3) is 0.105. The van der Waals surface area contributed by atoms with E-state index in [0.29, 0.717) is 17.4 Å². The van der Waals surface area contributed by atoms with E-state index in [1.54, 1.807) is 6.08 Å². The van der Waals surface area contributed by atoms with Crippen molar-refractivity contribution in [2.75, 3.05) is 11.9 Å². The summed E-state index contributed by atoms with van der Waals surface area (Å²) in [5.74, 6) is 0.392. The van der Waals surface area contributed by atoms with Crippen LogP contribution in [0.15, 0.2) is 71.8 Å². The van der Waals surface area contributed by atoms with Gasteiger partial charge < -0.3 is 14.7 Å². The molecule has 0 fully saturated rings. The Morgan fingerprint density at radius 3 is 2.62 bits per heavy atom. The molecule has 2 amide bonds. The molecule has 0 aliphatic heterocycles. The van der Waals surface area contributed by atoms with Gasteiger partial charge >= 0.3 is 6.03 Å². The van der Waals surface area contributed by atoms with Crippen molar-refractivity contribution < 1.29 is 13.7 Å². The molecule has 0 unspecified atom stereocenters. The predicted molar refractivity (Wildman–Crippen MR) is 95.8 cm³/mol. The van der Waals surface area contributed by atoms with Crippen LogP contribution in [-0.2, 0) is 6.54 Å². The van der Waals surface area contributed by atoms with Crippen molar-refractivity contribution >= 4 is 11.7 Å². The van der Waals surface area contributed by atoms with Crippen molar-refractivity contribution in [3.63, 3.8) is 0 Å². The lowest BCUT2D eigenvalue weighted by atomic mass is 10.2. The van der Waals surface area contributed by atoms with E-state index >= 15 is 0 Å². The first-order chi connectivity index (χ1) is 12.7. The number of nitrogens with one attached hydrogen (secondary N) is 1. The van der Waals surface area contributed by atoms with Gasteiger partial charge in [0.25, 0.3) is 0 Å². The third-order valence-electron chi connectivity index (χ3n) is 3.56. The van der Waals surface area contributed by atoms with Crippen LogP contribution in [0.3, 0.4) is 0 Å². The molecule has 3 aromatic rings. The topological polar surface area (TPSA) is 71.3 Å². The number of benzene rings is 2. The number of halogens is 1. The van der Waals surface area contributed by atoms with E-state index < -0.39 is 0 Å². The van der Waals surface area contributed by atoms with Gasteiger partial charge in [-0.3, -0.25) is 0 Å². The van der Waals surface area contributed by atoms with Gasteiger partial charge in [-0.1, -0.05) is 41.6 Å². The summed E-state index contributed by atoms with van der Waals surface area (Å²) in [5.41, 5.74) is 1.31. The van der Waals surface area contributed by atoms with Crippen molar-refractivity contribution in [1.82, 2.24) is 15.0 Å². The number of urea groups is 1. The molecule has 3 rings (SSSR count). The molecule has 1 N–H and O–H groups in total. The summed E-state index contributed by atoms with van der Waals surface area (Å²) >= 11 is 0. The summed E-state index contributed by atoms with van der Waals surface area (Å²) < 4.78 is 18.2. The second-order valence-electron chi connectivity index (χ2n) is 5.48. The first-order valence-corrected chi connectivity index (χ1v) is 7.96. The summed E-state index contributed by atoms with van der Waals surface area (Å²) in [6.45, 7) is 4.07. The number of carbonyl (C=O) groups excluding carboxylic acids is 1. The van der Waals surface area contributed by atoms with Crippen molar-refractivity contribution in [2.45, 2.75) is 6.54 Å². The molecule has 0 bridgehead atoms. The van der Waals surface area contributed by atoms with Crippen LogP contribution in [0.5, 0.6) is 0 Å². The molecule has 0 saturated carbocycles. The van der Waals surface area contributed by atoms with E-state index in [4.69, 9.17) is 4.52 Å². The van der Waals surface area contributed by atoms with Crippen molar-refractivity contribution in [2.24, 2.45) is 0 Å². The number of carbonyl (C=O) groups is 1. The third-order valence-corrected chi connectivity index (χ3v) is 3.56. The number of amides is 2. The molecule has 6 nitrogen and oxygen atoms in total. The number of anilines is 1. The fourth-order valence-electron chi connectivity index (χ4n) is 2.30. The van der Waals surface area contributed by atoms with E-state index in [1.165, 1.54) is 29.2 Å². The van der Waals surface area contributed by atoms with Crippen LogP contribution in [0.4, 0.5) is 14.9 Å². The van der Waals surface area contributed by atoms with Gasteiger partial charge in [0.1, 0.15) is 12.4 Å². The van der Waals surface area contributed by atoms with Gasteiger partial charge in [0.2, 0.25) is 11.7 Å². The van der Waals surface area contributed by atoms with Crippen molar-refractivity contribution in [3.05, 3.63) is 79.0 Å². The maximum atomic E-state index is 13.0. The zero-order valence-corrected chi connectivity index (χ0v) is 13.9. The number of nitrogens with zero attached hydrogens (tertiary/aromatic N) is 3. The smallest absolute Gasteiger partial charge is 0.322 e. The van der Waals surface area contributed by atoms with E-state index in [9.17, 15) is 9.18 Å². The largest absolute Gasteiger partial charge is 0.337 e. The molecule has 0 aliphatic carbocycles. The molecule has 26 heavy (non-hydrogen) atoms. The highest BCUT2D eigenvalue weighted by Crippen LogP contribution is 2.16. The Bertz CT molecular complexity index is 878. The molecule has 0 atom stereocenters. The average Bonchev–Trinajstić information content (AvgIpc) is 3.13. The average molecular weight is 352 g/mol. The molecular weight excluding hydrogens is 335 g/mol. The zero-order valence-electron chi connectivity index (χ0n) is 13.9. The molecule has 0 spiro atoms. The Kier molecular flexibility index (Phi) is 5.38. The molecule has 7 heteroatoms. The van der Waals surface area contributed by atoms with Gasteiger partial charge in [-0.15, -0.1) is 6.58 Å². The molecule has 0 aliphatic rings. The number of hydrogen-bond donors (Lipinski definition) is 1. The molecule has 2 aromatic carbocycles. The SMILES string of the molecule is C=CCN(Cc1nc(-c2ccccc2)no1)C(=O)Nc1ccc(F)cc1. The summed E-state index contributed by atoms with van der Waals surface area (Å²) in [6, 6.07) is 14.5. The van der Waals surface area contributed by atoms with Gasteiger partial charge in [0, 0.05) is 17.8 Å². The predicted octanol–water partition coefficient (Wildman–Crippen LogP) is 4.10. The van der Waals surface area contributed by atoms with Crippen LogP contribution in [0, 0.1) is 5.82 Å². The van der Waals surface area contributed by atoms with Gasteiger partial charge in [-0.05, 0) is 24.3 Å². The summed E-state index contributed by atoms with van der Waals surface area (Å²) in [7, 11) is 0. The first-order valence-electron chi connectivity index (χ1n) is 7.96. The van der Waals surface area contributed by atoms with E-state index in [2.05, 4.69) is 22.0 Å². The number of rotatable bonds is 6. The minimum atomic E-state index is -0.379. The molecule has 0 radical (unpaired) electrons. The Balaban J connectivity index is 1.70. The Morgan fingerprint density at radius 1 is 1.19 bits per heavy atom. The highest BCUT2D eigenvalue weighted by Gasteiger charge is 2.17. The van der Waals surface area contributed by atoms with E-state index in [-0.39, 0.29) is 24.9 Å². The van der Waals surface area contributed by atoms with Crippen LogP contribution in [0.1, 0.15) is 5.89 Å². The summed E-state index contributed by atoms with van der Waals surface area (Å²) in [5, 5.41) is 6.64. The van der Waals surface area contributed by atoms with Crippen LogP contribution < -0.4 is 5.32 Å². The highest BCUT2D eigenvalue weighted by molar-refractivity contribution is 5.89. The van der Waals surface area contributed by atoms with Crippen LogP contribution in [0.25, 0.3) is 11.4 Å². The Hall–Kier alpha value is -3.48. The lowest BCUT2D eigenvalue weighted by molar-refractivity contribution is 0.206. The monoisotopic (exact) mass is 352 g/mol. The van der Waals surface area contributed by atoms with Crippen LogP contribution in [0.2, 0.25) is 0 Å². The summed E-state index contributed by atoms with van der Waals surface area (Å²) in [6.07, 6.45) is 1.60. The highest BCUT2D eigenvalue weighted by atomic mass is 19.1. The third kappa shape index (κ3) is 4.32. The fourth-order valence-corrected chi connectivity index (χ4v) is 2.30. The molecule has 1 heterocycles. The Morgan fingerprint density at radius 2 is 1.92 bits per heavy atom. The normalized spacial score (nSPS) is 10.3.